The number of rotatable bonds is 7. The molecule has 1 aromatic carbocycles. The largest absolute Gasteiger partial charge is 0.455 e. The van der Waals surface area contributed by atoms with Crippen molar-refractivity contribution < 1.29 is 13.5 Å². The predicted molar refractivity (Wildman–Crippen MR) is 146 cm³/mol. The second-order valence-electron chi connectivity index (χ2n) is 9.14. The lowest BCUT2D eigenvalue weighted by atomic mass is 10.1. The molecule has 202 valence electrons. The Kier molecular flexibility index (Phi) is 7.37. The van der Waals surface area contributed by atoms with Gasteiger partial charge in [-0.3, -0.25) is 0 Å². The van der Waals surface area contributed by atoms with Crippen LogP contribution in [0.4, 0.5) is 20.3 Å². The molecule has 3 aromatic heterocycles. The fourth-order valence-corrected chi connectivity index (χ4v) is 4.51. The van der Waals surface area contributed by atoms with Crippen molar-refractivity contribution in [2.45, 2.75) is 26.8 Å². The van der Waals surface area contributed by atoms with Gasteiger partial charge in [-0.25, -0.2) is 28.2 Å². The van der Waals surface area contributed by atoms with Crippen molar-refractivity contribution in [3.8, 4) is 5.75 Å². The van der Waals surface area contributed by atoms with Crippen molar-refractivity contribution in [3.05, 3.63) is 84.1 Å². The first-order valence-corrected chi connectivity index (χ1v) is 12.5. The second kappa shape index (κ2) is 11.0. The first kappa shape index (κ1) is 26.0. The van der Waals surface area contributed by atoms with Gasteiger partial charge in [-0.2, -0.15) is 5.10 Å². The van der Waals surface area contributed by atoms with Crippen LogP contribution in [0.5, 0.6) is 5.75 Å². The van der Waals surface area contributed by atoms with Gasteiger partial charge in [0.15, 0.2) is 17.3 Å². The molecular weight excluding hydrogens is 504 g/mol. The van der Waals surface area contributed by atoms with E-state index in [0.29, 0.717) is 35.7 Å². The Morgan fingerprint density at radius 2 is 2.08 bits per heavy atom. The quantitative estimate of drug-likeness (QED) is 0.239. The molecule has 39 heavy (non-hydrogen) atoms. The molecule has 4 aromatic rings. The number of hydrogen-bond donors (Lipinski definition) is 3. The van der Waals surface area contributed by atoms with Crippen LogP contribution in [-0.2, 0) is 0 Å². The van der Waals surface area contributed by atoms with E-state index in [0.717, 1.165) is 6.54 Å². The molecular formula is C27H29F2N9O. The summed E-state index contributed by atoms with van der Waals surface area (Å²) in [4.78, 5) is 14.6. The zero-order chi connectivity index (χ0) is 27.5. The predicted octanol–water partition coefficient (Wildman–Crippen LogP) is 4.05. The van der Waals surface area contributed by atoms with Gasteiger partial charge >= 0.3 is 0 Å². The highest BCUT2D eigenvalue weighted by atomic mass is 19.1. The molecule has 1 saturated heterocycles. The smallest absolute Gasteiger partial charge is 0.159 e. The topological polar surface area (TPSA) is 119 Å². The van der Waals surface area contributed by atoms with Crippen molar-refractivity contribution in [2.24, 2.45) is 5.73 Å². The number of hydrogen-bond acceptors (Lipinski definition) is 9. The molecule has 1 aliphatic heterocycles. The summed E-state index contributed by atoms with van der Waals surface area (Å²) in [5.74, 6) is -0.442. The Bertz CT molecular complexity index is 1610. The van der Waals surface area contributed by atoms with Crippen molar-refractivity contribution in [1.82, 2.24) is 29.9 Å². The minimum absolute atomic E-state index is 0.0731. The first-order chi connectivity index (χ1) is 18.9. The zero-order valence-electron chi connectivity index (χ0n) is 21.8. The SMILES string of the molecule is C\C=C(Nc1ncnc2ccc(N3CCN[C@H](C)C3)c(F)c12)/C(F)=C(C)\C(=C/N)Oc1ccn2ncnc2c1. The maximum absolute atomic E-state index is 15.9. The lowest BCUT2D eigenvalue weighted by molar-refractivity contribution is 0.429. The van der Waals surface area contributed by atoms with E-state index >= 15 is 8.78 Å². The molecule has 1 atom stereocenters. The third kappa shape index (κ3) is 5.23. The fraction of sp³-hybridized carbons (Fsp3) is 0.259. The van der Waals surface area contributed by atoms with Crippen LogP contribution in [0, 0.1) is 5.82 Å². The molecule has 0 radical (unpaired) electrons. The van der Waals surface area contributed by atoms with Crippen LogP contribution in [0.15, 0.2) is 78.2 Å². The van der Waals surface area contributed by atoms with E-state index in [-0.39, 0.29) is 34.3 Å². The molecule has 1 aliphatic rings. The van der Waals surface area contributed by atoms with Crippen molar-refractivity contribution in [1.29, 1.82) is 0 Å². The summed E-state index contributed by atoms with van der Waals surface area (Å²) < 4.78 is 39.1. The van der Waals surface area contributed by atoms with Crippen LogP contribution >= 0.6 is 0 Å². The van der Waals surface area contributed by atoms with Crippen LogP contribution < -0.4 is 26.0 Å². The van der Waals surface area contributed by atoms with Crippen molar-refractivity contribution in [2.75, 3.05) is 29.9 Å². The number of benzene rings is 1. The normalized spacial score (nSPS) is 17.5. The van der Waals surface area contributed by atoms with Crippen LogP contribution in [0.3, 0.4) is 0 Å². The standard InChI is InChI=1S/C27H29F2N9O/c1-4-19(25(28)17(3)22(12-30)39-18-7-9-38-23(11-18)33-15-35-38)36-27-24-20(32-14-34-27)5-6-21(26(24)29)37-10-8-31-16(2)13-37/h4-7,9,11-12,14-16,31H,8,10,13,30H2,1-3H3,(H,32,34,36)/b19-4+,22-12+,25-17+/t16-/m1/s1. The zero-order valence-corrected chi connectivity index (χ0v) is 21.8. The van der Waals surface area contributed by atoms with E-state index in [1.807, 2.05) is 4.90 Å². The molecule has 5 rings (SSSR count). The average molecular weight is 534 g/mol. The highest BCUT2D eigenvalue weighted by Gasteiger charge is 2.23. The Balaban J connectivity index is 1.45. The van der Waals surface area contributed by atoms with Gasteiger partial charge < -0.3 is 26.0 Å². The van der Waals surface area contributed by atoms with E-state index in [1.54, 1.807) is 41.9 Å². The summed E-state index contributed by atoms with van der Waals surface area (Å²) in [6, 6.07) is 7.01. The molecule has 0 saturated carbocycles. The van der Waals surface area contributed by atoms with Crippen LogP contribution in [0.2, 0.25) is 0 Å². The number of nitrogens with two attached hydrogens (primary N) is 1. The summed E-state index contributed by atoms with van der Waals surface area (Å²) in [5.41, 5.74) is 7.43. The molecule has 0 amide bonds. The average Bonchev–Trinajstić information content (AvgIpc) is 3.42. The van der Waals surface area contributed by atoms with Crippen molar-refractivity contribution >= 4 is 28.1 Å². The summed E-state index contributed by atoms with van der Waals surface area (Å²) >= 11 is 0. The van der Waals surface area contributed by atoms with Gasteiger partial charge in [0.25, 0.3) is 0 Å². The molecule has 12 heteroatoms. The number of halogens is 2. The van der Waals surface area contributed by atoms with Gasteiger partial charge in [-0.15, -0.1) is 0 Å². The van der Waals surface area contributed by atoms with E-state index in [4.69, 9.17) is 10.5 Å². The Hall–Kier alpha value is -4.58. The lowest BCUT2D eigenvalue weighted by Gasteiger charge is -2.34. The number of allylic oxidation sites excluding steroid dienone is 3. The van der Waals surface area contributed by atoms with E-state index in [1.165, 1.54) is 31.9 Å². The maximum atomic E-state index is 15.9. The van der Waals surface area contributed by atoms with Crippen LogP contribution in [0.25, 0.3) is 16.6 Å². The molecule has 0 bridgehead atoms. The number of nitrogens with one attached hydrogen (secondary N) is 2. The maximum Gasteiger partial charge on any atom is 0.159 e. The Morgan fingerprint density at radius 3 is 2.85 bits per heavy atom. The highest BCUT2D eigenvalue weighted by molar-refractivity contribution is 5.93. The summed E-state index contributed by atoms with van der Waals surface area (Å²) in [6.45, 7) is 7.33. The number of pyridine rings is 1. The summed E-state index contributed by atoms with van der Waals surface area (Å²) in [6.07, 6.45) is 7.11. The fourth-order valence-electron chi connectivity index (χ4n) is 4.51. The number of anilines is 2. The summed E-state index contributed by atoms with van der Waals surface area (Å²) in [5, 5.41) is 10.5. The molecule has 0 unspecified atom stereocenters. The van der Waals surface area contributed by atoms with Gasteiger partial charge in [0.05, 0.1) is 22.3 Å². The van der Waals surface area contributed by atoms with Crippen LogP contribution in [-0.4, -0.2) is 50.2 Å². The third-order valence-corrected chi connectivity index (χ3v) is 6.54. The highest BCUT2D eigenvalue weighted by Crippen LogP contribution is 2.33. The number of piperazine rings is 1. The minimum atomic E-state index is -0.642. The second-order valence-corrected chi connectivity index (χ2v) is 9.14. The minimum Gasteiger partial charge on any atom is -0.455 e. The van der Waals surface area contributed by atoms with Crippen LogP contribution in [0.1, 0.15) is 20.8 Å². The first-order valence-electron chi connectivity index (χ1n) is 12.5. The van der Waals surface area contributed by atoms with Gasteiger partial charge in [0, 0.05) is 49.7 Å². The van der Waals surface area contributed by atoms with Gasteiger partial charge in [-0.05, 0) is 39.0 Å². The molecule has 4 N–H and O–H groups in total. The van der Waals surface area contributed by atoms with E-state index in [2.05, 4.69) is 37.6 Å². The molecule has 1 fully saturated rings. The number of ether oxygens (including phenoxy) is 1. The molecule has 10 nitrogen and oxygen atoms in total. The van der Waals surface area contributed by atoms with Gasteiger partial charge in [0.2, 0.25) is 0 Å². The number of aromatic nitrogens is 5. The van der Waals surface area contributed by atoms with Gasteiger partial charge in [-0.1, -0.05) is 6.08 Å². The Morgan fingerprint density at radius 1 is 1.23 bits per heavy atom. The molecule has 0 spiro atoms. The van der Waals surface area contributed by atoms with Gasteiger partial charge in [0.1, 0.15) is 30.0 Å². The Labute approximate surface area is 223 Å². The number of fused-ring (bicyclic) bond motifs is 2. The van der Waals surface area contributed by atoms with Crippen molar-refractivity contribution in [3.63, 3.8) is 0 Å². The van der Waals surface area contributed by atoms with E-state index < -0.39 is 11.6 Å². The molecule has 0 aliphatic carbocycles. The molecule has 4 heterocycles. The summed E-state index contributed by atoms with van der Waals surface area (Å²) in [7, 11) is 0. The van der Waals surface area contributed by atoms with E-state index in [9.17, 15) is 0 Å². The third-order valence-electron chi connectivity index (χ3n) is 6.54. The number of nitrogens with zero attached hydrogens (tertiary/aromatic N) is 6. The lowest BCUT2D eigenvalue weighted by Crippen LogP contribution is -2.49. The monoisotopic (exact) mass is 533 g/mol.